The maximum Gasteiger partial charge on any atom is 0.0195 e. The van der Waals surface area contributed by atoms with Crippen molar-refractivity contribution in [2.45, 2.75) is 84.3 Å². The fourth-order valence-corrected chi connectivity index (χ4v) is 3.05. The summed E-state index contributed by atoms with van der Waals surface area (Å²) in [5.41, 5.74) is 0. The van der Waals surface area contributed by atoms with Crippen LogP contribution in [0.5, 0.6) is 0 Å². The van der Waals surface area contributed by atoms with Gasteiger partial charge < -0.3 is 5.32 Å². The summed E-state index contributed by atoms with van der Waals surface area (Å²) in [4.78, 5) is 2.62. The van der Waals surface area contributed by atoms with Crippen molar-refractivity contribution in [3.05, 3.63) is 0 Å². The number of rotatable bonds is 7. The molecule has 0 aromatic heterocycles. The van der Waals surface area contributed by atoms with Crippen LogP contribution in [0.2, 0.25) is 0 Å². The van der Waals surface area contributed by atoms with Gasteiger partial charge in [0, 0.05) is 24.7 Å². The van der Waals surface area contributed by atoms with Crippen LogP contribution in [0.1, 0.15) is 66.2 Å². The van der Waals surface area contributed by atoms with Gasteiger partial charge in [0.1, 0.15) is 0 Å². The lowest BCUT2D eigenvalue weighted by atomic mass is 9.95. The molecular formula is C15H32N2. The lowest BCUT2D eigenvalue weighted by Crippen LogP contribution is -2.47. The van der Waals surface area contributed by atoms with Crippen molar-refractivity contribution in [2.75, 3.05) is 13.1 Å². The van der Waals surface area contributed by atoms with Crippen LogP contribution in [0.15, 0.2) is 0 Å². The Kier molecular flexibility index (Phi) is 7.14. The summed E-state index contributed by atoms with van der Waals surface area (Å²) >= 11 is 0. The summed E-state index contributed by atoms with van der Waals surface area (Å²) < 4.78 is 0. The van der Waals surface area contributed by atoms with E-state index in [1.54, 1.807) is 0 Å². The average Bonchev–Trinajstić information content (AvgIpc) is 2.38. The second kappa shape index (κ2) is 8.10. The van der Waals surface area contributed by atoms with E-state index in [-0.39, 0.29) is 0 Å². The van der Waals surface area contributed by atoms with Gasteiger partial charge in [0.05, 0.1) is 0 Å². The molecule has 0 radical (unpaired) electrons. The zero-order valence-electron chi connectivity index (χ0n) is 12.3. The highest BCUT2D eigenvalue weighted by Crippen LogP contribution is 2.17. The predicted molar refractivity (Wildman–Crippen MR) is 76.5 cm³/mol. The van der Waals surface area contributed by atoms with E-state index in [9.17, 15) is 0 Å². The first kappa shape index (κ1) is 15.0. The van der Waals surface area contributed by atoms with Crippen LogP contribution in [0.3, 0.4) is 0 Å². The van der Waals surface area contributed by atoms with E-state index in [4.69, 9.17) is 0 Å². The Bertz CT molecular complexity index is 187. The molecule has 0 bridgehead atoms. The third-order valence-corrected chi connectivity index (χ3v) is 4.40. The van der Waals surface area contributed by atoms with Crippen molar-refractivity contribution in [1.29, 1.82) is 0 Å². The van der Waals surface area contributed by atoms with E-state index in [0.29, 0.717) is 12.1 Å². The Balaban J connectivity index is 2.28. The summed E-state index contributed by atoms with van der Waals surface area (Å²) in [6, 6.07) is 2.17. The van der Waals surface area contributed by atoms with Crippen LogP contribution >= 0.6 is 0 Å². The Morgan fingerprint density at radius 2 is 1.71 bits per heavy atom. The molecule has 0 aliphatic heterocycles. The highest BCUT2D eigenvalue weighted by atomic mass is 15.2. The van der Waals surface area contributed by atoms with Gasteiger partial charge in [0.2, 0.25) is 0 Å². The van der Waals surface area contributed by atoms with Crippen molar-refractivity contribution in [3.63, 3.8) is 0 Å². The van der Waals surface area contributed by atoms with Crippen LogP contribution in [0, 0.1) is 0 Å². The Morgan fingerprint density at radius 1 is 1.06 bits per heavy atom. The summed E-state index contributed by atoms with van der Waals surface area (Å²) in [6.45, 7) is 11.6. The smallest absolute Gasteiger partial charge is 0.0195 e. The van der Waals surface area contributed by atoms with Gasteiger partial charge in [-0.15, -0.1) is 0 Å². The first-order valence-corrected chi connectivity index (χ1v) is 7.68. The van der Waals surface area contributed by atoms with Crippen molar-refractivity contribution >= 4 is 0 Å². The summed E-state index contributed by atoms with van der Waals surface area (Å²) in [5.74, 6) is 0. The normalized spacial score (nSPS) is 21.7. The first-order valence-electron chi connectivity index (χ1n) is 7.68. The summed E-state index contributed by atoms with van der Waals surface area (Å²) in [7, 11) is 0. The first-order chi connectivity index (χ1) is 8.19. The van der Waals surface area contributed by atoms with Crippen LogP contribution in [-0.4, -0.2) is 36.1 Å². The fourth-order valence-electron chi connectivity index (χ4n) is 3.05. The molecule has 0 spiro atoms. The zero-order chi connectivity index (χ0) is 12.7. The highest BCUT2D eigenvalue weighted by Gasteiger charge is 2.19. The summed E-state index contributed by atoms with van der Waals surface area (Å²) in [6.07, 6.45) is 8.33. The number of hydrogen-bond acceptors (Lipinski definition) is 2. The topological polar surface area (TPSA) is 15.3 Å². The molecule has 0 saturated heterocycles. The van der Waals surface area contributed by atoms with Gasteiger partial charge in [-0.2, -0.15) is 0 Å². The van der Waals surface area contributed by atoms with E-state index in [2.05, 4.69) is 37.9 Å². The molecule has 17 heavy (non-hydrogen) atoms. The average molecular weight is 240 g/mol. The number of nitrogens with zero attached hydrogens (tertiary/aromatic N) is 1. The van der Waals surface area contributed by atoms with E-state index < -0.39 is 0 Å². The van der Waals surface area contributed by atoms with E-state index >= 15 is 0 Å². The van der Waals surface area contributed by atoms with Gasteiger partial charge in [0.25, 0.3) is 0 Å². The molecule has 2 nitrogen and oxygen atoms in total. The second-order valence-corrected chi connectivity index (χ2v) is 5.68. The van der Waals surface area contributed by atoms with Crippen LogP contribution in [0.25, 0.3) is 0 Å². The summed E-state index contributed by atoms with van der Waals surface area (Å²) in [5, 5.41) is 3.77. The van der Waals surface area contributed by atoms with Crippen LogP contribution in [-0.2, 0) is 0 Å². The van der Waals surface area contributed by atoms with Gasteiger partial charge in [0.15, 0.2) is 0 Å². The molecule has 102 valence electrons. The molecule has 2 heteroatoms. The Hall–Kier alpha value is -0.0800. The third kappa shape index (κ3) is 4.97. The Labute approximate surface area is 108 Å². The third-order valence-electron chi connectivity index (χ3n) is 4.40. The number of hydrogen-bond donors (Lipinski definition) is 1. The molecule has 0 amide bonds. The fraction of sp³-hybridized carbons (Fsp3) is 1.00. The lowest BCUT2D eigenvalue weighted by molar-refractivity contribution is 0.151. The maximum atomic E-state index is 3.77. The van der Waals surface area contributed by atoms with Crippen LogP contribution < -0.4 is 5.32 Å². The largest absolute Gasteiger partial charge is 0.312 e. The minimum absolute atomic E-state index is 0.664. The van der Waals surface area contributed by atoms with E-state index in [0.717, 1.165) is 12.6 Å². The quantitative estimate of drug-likeness (QED) is 0.733. The van der Waals surface area contributed by atoms with Crippen molar-refractivity contribution in [1.82, 2.24) is 10.2 Å². The zero-order valence-corrected chi connectivity index (χ0v) is 12.3. The predicted octanol–water partition coefficient (Wildman–Crippen LogP) is 3.42. The Morgan fingerprint density at radius 3 is 2.24 bits per heavy atom. The molecule has 1 fully saturated rings. The minimum atomic E-state index is 0.664. The molecule has 2 atom stereocenters. The van der Waals surface area contributed by atoms with Gasteiger partial charge in [-0.25, -0.2) is 0 Å². The molecule has 1 aliphatic rings. The molecular weight excluding hydrogens is 208 g/mol. The van der Waals surface area contributed by atoms with E-state index in [1.807, 2.05) is 0 Å². The van der Waals surface area contributed by atoms with Gasteiger partial charge in [-0.05, 0) is 39.7 Å². The van der Waals surface area contributed by atoms with Gasteiger partial charge in [-0.3, -0.25) is 4.90 Å². The van der Waals surface area contributed by atoms with Crippen molar-refractivity contribution in [3.8, 4) is 0 Å². The number of nitrogens with one attached hydrogen (secondary N) is 1. The number of likely N-dealkylation sites (N-methyl/N-ethyl adjacent to an activating group) is 1. The molecule has 0 heterocycles. The van der Waals surface area contributed by atoms with Crippen molar-refractivity contribution < 1.29 is 0 Å². The van der Waals surface area contributed by atoms with E-state index in [1.165, 1.54) is 45.1 Å². The van der Waals surface area contributed by atoms with Gasteiger partial charge >= 0.3 is 0 Å². The van der Waals surface area contributed by atoms with Gasteiger partial charge in [-0.1, -0.05) is 33.1 Å². The van der Waals surface area contributed by atoms with Crippen LogP contribution in [0.4, 0.5) is 0 Å². The standard InChI is InChI=1S/C15H32N2/c1-5-13(3)17(6-2)14(4)12-16-15-10-8-7-9-11-15/h13-16H,5-12H2,1-4H3. The monoisotopic (exact) mass is 240 g/mol. The molecule has 2 unspecified atom stereocenters. The molecule has 1 saturated carbocycles. The molecule has 1 aliphatic carbocycles. The highest BCUT2D eigenvalue weighted by molar-refractivity contribution is 4.78. The molecule has 1 N–H and O–H groups in total. The lowest BCUT2D eigenvalue weighted by Gasteiger charge is -2.34. The minimum Gasteiger partial charge on any atom is -0.312 e. The second-order valence-electron chi connectivity index (χ2n) is 5.68. The molecule has 0 aromatic carbocycles. The molecule has 0 aromatic rings. The SMILES string of the molecule is CCC(C)N(CC)C(C)CNC1CCCCC1. The maximum absolute atomic E-state index is 3.77. The molecule has 1 rings (SSSR count). The van der Waals surface area contributed by atoms with Crippen molar-refractivity contribution in [2.24, 2.45) is 0 Å².